The van der Waals surface area contributed by atoms with Crippen LogP contribution in [0.3, 0.4) is 0 Å². The quantitative estimate of drug-likeness (QED) is 0.556. The summed E-state index contributed by atoms with van der Waals surface area (Å²) in [6.07, 6.45) is 27.3. The average molecular weight is 424 g/mol. The molecule has 1 aliphatic rings. The van der Waals surface area contributed by atoms with E-state index in [1.807, 2.05) is 38.2 Å². The normalized spacial score (nSPS) is 31.6. The fourth-order valence-corrected chi connectivity index (χ4v) is 2.80. The predicted octanol–water partition coefficient (Wildman–Crippen LogP) is 5.02. The molecule has 3 atom stereocenters. The van der Waals surface area contributed by atoms with Crippen LogP contribution >= 0.6 is 0 Å². The molecule has 4 heteroatoms. The first kappa shape index (κ1) is 26.3. The van der Waals surface area contributed by atoms with Crippen molar-refractivity contribution in [3.05, 3.63) is 96.2 Å². The Morgan fingerprint density at radius 2 is 1.68 bits per heavy atom. The minimum atomic E-state index is -1.01. The third kappa shape index (κ3) is 13.3. The monoisotopic (exact) mass is 423 g/mol. The van der Waals surface area contributed by atoms with Gasteiger partial charge in [-0.3, -0.25) is 4.79 Å². The molecule has 1 aliphatic heterocycles. The molecule has 0 aliphatic carbocycles. The van der Waals surface area contributed by atoms with Gasteiger partial charge in [-0.25, -0.2) is 0 Å². The maximum atomic E-state index is 12.3. The summed E-state index contributed by atoms with van der Waals surface area (Å²) in [5, 5.41) is 23.2. The average Bonchev–Trinajstić information content (AvgIpc) is 2.73. The molecule has 0 aromatic carbocycles. The summed E-state index contributed by atoms with van der Waals surface area (Å²) in [4.78, 5) is 12.3. The van der Waals surface area contributed by atoms with Gasteiger partial charge in [0.25, 0.3) is 0 Å². The largest absolute Gasteiger partial charge is 0.386 e. The third-order valence-corrected chi connectivity index (χ3v) is 4.58. The van der Waals surface area contributed by atoms with E-state index in [2.05, 4.69) is 30.5 Å². The molecule has 0 saturated carbocycles. The molecule has 1 rings (SSSR count). The van der Waals surface area contributed by atoms with Crippen LogP contribution in [0, 0.1) is 0 Å². The van der Waals surface area contributed by atoms with E-state index in [-0.39, 0.29) is 11.9 Å². The van der Waals surface area contributed by atoms with Crippen molar-refractivity contribution in [2.75, 3.05) is 0 Å². The van der Waals surface area contributed by atoms with E-state index in [4.69, 9.17) is 0 Å². The Kier molecular flexibility index (Phi) is 13.6. The minimum absolute atomic E-state index is 0.0292. The highest BCUT2D eigenvalue weighted by Crippen LogP contribution is 2.06. The Bertz CT molecular complexity index is 778. The van der Waals surface area contributed by atoms with Gasteiger partial charge >= 0.3 is 0 Å². The molecular weight excluding hydrogens is 386 g/mol. The second-order valence-electron chi connectivity index (χ2n) is 7.63. The van der Waals surface area contributed by atoms with Gasteiger partial charge in [0.1, 0.15) is 12.2 Å². The van der Waals surface area contributed by atoms with Crippen molar-refractivity contribution in [3.8, 4) is 0 Å². The highest BCUT2D eigenvalue weighted by molar-refractivity contribution is 5.88. The minimum Gasteiger partial charge on any atom is -0.386 e. The number of unbranched alkanes of at least 4 members (excludes halogenated alkanes) is 1. The van der Waals surface area contributed by atoms with Gasteiger partial charge in [-0.15, -0.1) is 0 Å². The zero-order valence-corrected chi connectivity index (χ0v) is 18.9. The number of carbonyl (C=O) groups excluding carboxylic acids is 1. The Hall–Kier alpha value is -2.69. The van der Waals surface area contributed by atoms with E-state index in [0.717, 1.165) is 36.8 Å². The van der Waals surface area contributed by atoms with Crippen LogP contribution in [0.1, 0.15) is 46.5 Å². The zero-order valence-electron chi connectivity index (χ0n) is 18.9. The molecule has 3 N–H and O–H groups in total. The molecule has 0 aromatic rings. The van der Waals surface area contributed by atoms with Gasteiger partial charge in [-0.05, 0) is 33.1 Å². The molecule has 3 unspecified atom stereocenters. The van der Waals surface area contributed by atoms with Crippen molar-refractivity contribution >= 4 is 5.91 Å². The smallest absolute Gasteiger partial charge is 0.244 e. The topological polar surface area (TPSA) is 69.6 Å². The summed E-state index contributed by atoms with van der Waals surface area (Å²) in [6.45, 7) is 5.96. The number of aliphatic hydroxyl groups is 2. The fourth-order valence-electron chi connectivity index (χ4n) is 2.80. The Morgan fingerprint density at radius 3 is 2.45 bits per heavy atom. The number of hydrogen-bond acceptors (Lipinski definition) is 3. The standard InChI is InChI=1S/C27H37NO3/c1-4-5-6-7-17-24-18-11-8-14-22(2)15-9-12-19-25(29)26(30)21-23(3)16-10-13-20-27(31)28-24/h6-16,19-21,24-26,29-30H,4-5,17-18H2,1-3H3,(H,28,31)/b7-6+,11-8+,15-9+,16-10+,19-12-,20-13?,22-14+,23-21+. The van der Waals surface area contributed by atoms with Crippen molar-refractivity contribution in [2.45, 2.75) is 64.7 Å². The van der Waals surface area contributed by atoms with Gasteiger partial charge in [0.15, 0.2) is 0 Å². The molecule has 1 amide bonds. The van der Waals surface area contributed by atoms with E-state index < -0.39 is 12.2 Å². The molecule has 4 nitrogen and oxygen atoms in total. The van der Waals surface area contributed by atoms with E-state index >= 15 is 0 Å². The Labute approximate surface area is 187 Å². The molecule has 0 spiro atoms. The number of rotatable bonds is 4. The summed E-state index contributed by atoms with van der Waals surface area (Å²) in [5.41, 5.74) is 1.84. The molecule has 31 heavy (non-hydrogen) atoms. The summed E-state index contributed by atoms with van der Waals surface area (Å²) in [7, 11) is 0. The van der Waals surface area contributed by atoms with Crippen LogP contribution in [-0.2, 0) is 4.79 Å². The maximum Gasteiger partial charge on any atom is 0.244 e. The van der Waals surface area contributed by atoms with Gasteiger partial charge in [0.05, 0.1) is 0 Å². The van der Waals surface area contributed by atoms with Crippen LogP contribution in [0.25, 0.3) is 0 Å². The third-order valence-electron chi connectivity index (χ3n) is 4.58. The van der Waals surface area contributed by atoms with E-state index in [1.165, 1.54) is 6.08 Å². The second-order valence-corrected chi connectivity index (χ2v) is 7.63. The lowest BCUT2D eigenvalue weighted by Gasteiger charge is -2.14. The number of allylic oxidation sites excluding steroid dienone is 11. The van der Waals surface area contributed by atoms with Crippen LogP contribution in [0.4, 0.5) is 0 Å². The molecule has 1 heterocycles. The Morgan fingerprint density at radius 1 is 0.968 bits per heavy atom. The summed E-state index contributed by atoms with van der Waals surface area (Å²) < 4.78 is 0. The lowest BCUT2D eigenvalue weighted by molar-refractivity contribution is -0.117. The van der Waals surface area contributed by atoms with Gasteiger partial charge < -0.3 is 15.5 Å². The van der Waals surface area contributed by atoms with Crippen LogP contribution < -0.4 is 5.32 Å². The highest BCUT2D eigenvalue weighted by Gasteiger charge is 2.09. The van der Waals surface area contributed by atoms with Crippen LogP contribution in [-0.4, -0.2) is 34.4 Å². The maximum absolute atomic E-state index is 12.3. The second kappa shape index (κ2) is 16.1. The summed E-state index contributed by atoms with van der Waals surface area (Å²) >= 11 is 0. The number of hydrogen-bond donors (Lipinski definition) is 3. The molecule has 0 bridgehead atoms. The first-order chi connectivity index (χ1) is 14.9. The molecule has 0 saturated heterocycles. The molecule has 168 valence electrons. The van der Waals surface area contributed by atoms with Gasteiger partial charge in [0.2, 0.25) is 5.91 Å². The van der Waals surface area contributed by atoms with Crippen molar-refractivity contribution in [3.63, 3.8) is 0 Å². The lowest BCUT2D eigenvalue weighted by atomic mass is 10.1. The van der Waals surface area contributed by atoms with Crippen molar-refractivity contribution < 1.29 is 15.0 Å². The van der Waals surface area contributed by atoms with Gasteiger partial charge in [-0.1, -0.05) is 103 Å². The first-order valence-electron chi connectivity index (χ1n) is 11.0. The Balaban J connectivity index is 3.01. The summed E-state index contributed by atoms with van der Waals surface area (Å²) in [5.74, 6) is -0.141. The molecular formula is C27H37NO3. The van der Waals surface area contributed by atoms with Crippen molar-refractivity contribution in [1.82, 2.24) is 5.32 Å². The molecule has 0 radical (unpaired) electrons. The number of carbonyl (C=O) groups is 1. The highest BCUT2D eigenvalue weighted by atomic mass is 16.3. The van der Waals surface area contributed by atoms with Crippen LogP contribution in [0.15, 0.2) is 96.2 Å². The van der Waals surface area contributed by atoms with Gasteiger partial charge in [0, 0.05) is 12.1 Å². The lowest BCUT2D eigenvalue weighted by Crippen LogP contribution is -2.32. The molecule has 0 fully saturated rings. The van der Waals surface area contributed by atoms with Gasteiger partial charge in [-0.2, -0.15) is 0 Å². The number of aliphatic hydroxyl groups excluding tert-OH is 2. The van der Waals surface area contributed by atoms with E-state index in [1.54, 1.807) is 36.5 Å². The van der Waals surface area contributed by atoms with Crippen molar-refractivity contribution in [1.29, 1.82) is 0 Å². The van der Waals surface area contributed by atoms with Crippen LogP contribution in [0.5, 0.6) is 0 Å². The SMILES string of the molecule is CCC/C=C/CC1C/C=C/C=C(C)/C=C/C=C\C(O)C(O)/C=C(C)/C=C/C=CC(=O)N1. The predicted molar refractivity (Wildman–Crippen MR) is 130 cm³/mol. The van der Waals surface area contributed by atoms with Crippen LogP contribution in [0.2, 0.25) is 0 Å². The number of amides is 1. The number of nitrogens with one attached hydrogen (secondary N) is 1. The van der Waals surface area contributed by atoms with Crippen molar-refractivity contribution in [2.24, 2.45) is 0 Å². The molecule has 0 aromatic heterocycles. The van der Waals surface area contributed by atoms with E-state index in [0.29, 0.717) is 0 Å². The van der Waals surface area contributed by atoms with E-state index in [9.17, 15) is 15.0 Å². The summed E-state index contributed by atoms with van der Waals surface area (Å²) in [6, 6.07) is 0.0292. The zero-order chi connectivity index (χ0) is 22.9. The fraction of sp³-hybridized carbons (Fsp3) is 0.370. The first-order valence-corrected chi connectivity index (χ1v) is 11.0.